The highest BCUT2D eigenvalue weighted by atomic mass is 16.7. The summed E-state index contributed by atoms with van der Waals surface area (Å²) in [6.07, 6.45) is 17.4. The van der Waals surface area contributed by atoms with E-state index in [2.05, 4.69) is 40.7 Å². The van der Waals surface area contributed by atoms with Crippen molar-refractivity contribution in [3.63, 3.8) is 0 Å². The van der Waals surface area contributed by atoms with Crippen LogP contribution in [-0.2, 0) is 19.0 Å². The van der Waals surface area contributed by atoms with Gasteiger partial charge in [0.2, 0.25) is 0 Å². The molecule has 0 aromatic carbocycles. The van der Waals surface area contributed by atoms with Crippen LogP contribution in [-0.4, -0.2) is 30.6 Å². The Labute approximate surface area is 225 Å². The van der Waals surface area contributed by atoms with Gasteiger partial charge < -0.3 is 14.2 Å². The summed E-state index contributed by atoms with van der Waals surface area (Å²) in [5, 5.41) is 0. The molecule has 6 aliphatic rings. The number of carbonyl (C=O) groups is 1. The molecule has 4 aliphatic carbocycles. The van der Waals surface area contributed by atoms with Crippen LogP contribution in [0.25, 0.3) is 0 Å². The molecule has 2 aliphatic heterocycles. The minimum atomic E-state index is -0.315. The molecule has 37 heavy (non-hydrogen) atoms. The van der Waals surface area contributed by atoms with Crippen molar-refractivity contribution in [1.82, 2.24) is 0 Å². The Kier molecular flexibility index (Phi) is 6.87. The molecule has 0 aromatic heterocycles. The first-order valence-corrected chi connectivity index (χ1v) is 15.9. The van der Waals surface area contributed by atoms with Gasteiger partial charge in [-0.3, -0.25) is 4.79 Å². The number of esters is 1. The maximum absolute atomic E-state index is 12.4. The minimum absolute atomic E-state index is 0.0190. The lowest BCUT2D eigenvalue weighted by atomic mass is 9.47. The van der Waals surface area contributed by atoms with Crippen molar-refractivity contribution in [3.05, 3.63) is 11.6 Å². The van der Waals surface area contributed by atoms with Gasteiger partial charge in [-0.1, -0.05) is 59.1 Å². The van der Waals surface area contributed by atoms with Crippen molar-refractivity contribution < 1.29 is 19.0 Å². The highest BCUT2D eigenvalue weighted by Crippen LogP contribution is 2.70. The Hall–Kier alpha value is -0.870. The zero-order valence-electron chi connectivity index (χ0n) is 24.2. The van der Waals surface area contributed by atoms with E-state index in [1.807, 2.05) is 0 Å². The molecule has 4 heteroatoms. The topological polar surface area (TPSA) is 44.8 Å². The molecule has 1 spiro atoms. The monoisotopic (exact) mass is 512 g/mol. The lowest BCUT2D eigenvalue weighted by Gasteiger charge is -2.58. The molecule has 208 valence electrons. The summed E-state index contributed by atoms with van der Waals surface area (Å²) < 4.78 is 19.4. The van der Waals surface area contributed by atoms with Crippen molar-refractivity contribution >= 4 is 5.97 Å². The molecule has 3 saturated carbocycles. The Morgan fingerprint density at radius 3 is 2.68 bits per heavy atom. The average Bonchev–Trinajstić information content (AvgIpc) is 3.31. The van der Waals surface area contributed by atoms with Crippen LogP contribution in [0.3, 0.4) is 0 Å². The van der Waals surface area contributed by atoms with Crippen molar-refractivity contribution in [3.8, 4) is 0 Å². The fourth-order valence-electron chi connectivity index (χ4n) is 10.5. The van der Waals surface area contributed by atoms with E-state index in [0.29, 0.717) is 35.7 Å². The number of rotatable bonds is 5. The quantitative estimate of drug-likeness (QED) is 0.214. The van der Waals surface area contributed by atoms with Crippen LogP contribution in [0.5, 0.6) is 0 Å². The van der Waals surface area contributed by atoms with Crippen molar-refractivity contribution in [2.24, 2.45) is 46.3 Å². The lowest BCUT2D eigenvalue weighted by Crippen LogP contribution is -2.52. The van der Waals surface area contributed by atoms with Gasteiger partial charge in [0.05, 0.1) is 12.7 Å². The molecule has 6 rings (SSSR count). The van der Waals surface area contributed by atoms with Gasteiger partial charge in [0, 0.05) is 25.2 Å². The van der Waals surface area contributed by atoms with Crippen LogP contribution in [0.2, 0.25) is 0 Å². The molecule has 0 unspecified atom stereocenters. The lowest BCUT2D eigenvalue weighted by molar-refractivity contribution is -0.272. The van der Waals surface area contributed by atoms with Gasteiger partial charge in [-0.15, -0.1) is 0 Å². The largest absolute Gasteiger partial charge is 0.462 e. The second-order valence-electron chi connectivity index (χ2n) is 14.6. The van der Waals surface area contributed by atoms with Crippen LogP contribution in [0.1, 0.15) is 118 Å². The molecular formula is C33H52O4. The van der Waals surface area contributed by atoms with Crippen molar-refractivity contribution in [2.45, 2.75) is 136 Å². The van der Waals surface area contributed by atoms with Gasteiger partial charge in [0.15, 0.2) is 5.79 Å². The molecule has 0 amide bonds. The predicted molar refractivity (Wildman–Crippen MR) is 146 cm³/mol. The third-order valence-corrected chi connectivity index (χ3v) is 12.6. The molecule has 0 radical (unpaired) electrons. The van der Waals surface area contributed by atoms with E-state index in [1.165, 1.54) is 38.5 Å². The molecule has 4 nitrogen and oxygen atoms in total. The molecule has 0 aromatic rings. The van der Waals surface area contributed by atoms with Gasteiger partial charge >= 0.3 is 5.97 Å². The Balaban J connectivity index is 1.15. The fraction of sp³-hybridized carbons (Fsp3) is 0.909. The number of hydrogen-bond acceptors (Lipinski definition) is 4. The number of unbranched alkanes of at least 4 members (excludes halogenated alkanes) is 2. The predicted octanol–water partition coefficient (Wildman–Crippen LogP) is 7.85. The van der Waals surface area contributed by atoms with Gasteiger partial charge in [-0.05, 0) is 91.8 Å². The zero-order valence-corrected chi connectivity index (χ0v) is 24.2. The first kappa shape index (κ1) is 26.4. The van der Waals surface area contributed by atoms with Crippen molar-refractivity contribution in [1.29, 1.82) is 0 Å². The van der Waals surface area contributed by atoms with E-state index in [1.54, 1.807) is 5.57 Å². The van der Waals surface area contributed by atoms with Crippen LogP contribution in [0, 0.1) is 46.3 Å². The number of allylic oxidation sites excluding steroid dienone is 1. The van der Waals surface area contributed by atoms with Crippen LogP contribution in [0.15, 0.2) is 11.6 Å². The summed E-state index contributed by atoms with van der Waals surface area (Å²) >= 11 is 0. The van der Waals surface area contributed by atoms with Crippen LogP contribution < -0.4 is 0 Å². The normalized spacial score (nSPS) is 50.6. The van der Waals surface area contributed by atoms with Crippen LogP contribution in [0.4, 0.5) is 0 Å². The average molecular weight is 513 g/mol. The maximum Gasteiger partial charge on any atom is 0.306 e. The van der Waals surface area contributed by atoms with E-state index in [0.717, 1.165) is 62.9 Å². The summed E-state index contributed by atoms with van der Waals surface area (Å²) in [5.74, 6) is 3.77. The SMILES string of the molecule is CCCCCC(=O)O[C@H]1CC[C@@]2(C)C(=CC[C@@H]3[C@@H]4C[C@@H]5O[C@]6(CC[C@@H](C)CO6)[C@H](C)[C@H]5[C@@]4(C)CC[C@@H]32)C1. The summed E-state index contributed by atoms with van der Waals surface area (Å²) in [6, 6.07) is 0. The summed E-state index contributed by atoms with van der Waals surface area (Å²) in [7, 11) is 0. The van der Waals surface area contributed by atoms with E-state index in [4.69, 9.17) is 14.2 Å². The third kappa shape index (κ3) is 4.17. The Bertz CT molecular complexity index is 902. The van der Waals surface area contributed by atoms with Gasteiger partial charge in [-0.25, -0.2) is 0 Å². The van der Waals surface area contributed by atoms with Gasteiger partial charge in [0.25, 0.3) is 0 Å². The molecular weight excluding hydrogens is 460 g/mol. The minimum Gasteiger partial charge on any atom is -0.462 e. The van der Waals surface area contributed by atoms with E-state index < -0.39 is 0 Å². The number of carbonyl (C=O) groups excluding carboxylic acids is 1. The Morgan fingerprint density at radius 1 is 1.08 bits per heavy atom. The molecule has 0 bridgehead atoms. The van der Waals surface area contributed by atoms with E-state index >= 15 is 0 Å². The summed E-state index contributed by atoms with van der Waals surface area (Å²) in [4.78, 5) is 12.4. The summed E-state index contributed by atoms with van der Waals surface area (Å²) in [5.41, 5.74) is 2.25. The first-order valence-electron chi connectivity index (χ1n) is 15.9. The second-order valence-corrected chi connectivity index (χ2v) is 14.6. The second kappa shape index (κ2) is 9.65. The number of hydrogen-bond donors (Lipinski definition) is 0. The molecule has 2 heterocycles. The van der Waals surface area contributed by atoms with Gasteiger partial charge in [-0.2, -0.15) is 0 Å². The third-order valence-electron chi connectivity index (χ3n) is 12.6. The molecule has 11 atom stereocenters. The van der Waals surface area contributed by atoms with Crippen molar-refractivity contribution in [2.75, 3.05) is 6.61 Å². The fourth-order valence-corrected chi connectivity index (χ4v) is 10.5. The van der Waals surface area contributed by atoms with Crippen LogP contribution >= 0.6 is 0 Å². The highest BCUT2D eigenvalue weighted by molar-refractivity contribution is 5.69. The maximum atomic E-state index is 12.4. The zero-order chi connectivity index (χ0) is 26.0. The highest BCUT2D eigenvalue weighted by Gasteiger charge is 2.68. The first-order chi connectivity index (χ1) is 17.7. The Morgan fingerprint density at radius 2 is 1.92 bits per heavy atom. The smallest absolute Gasteiger partial charge is 0.306 e. The van der Waals surface area contributed by atoms with Gasteiger partial charge in [0.1, 0.15) is 6.10 Å². The molecule has 2 saturated heterocycles. The van der Waals surface area contributed by atoms with E-state index in [-0.39, 0.29) is 23.3 Å². The number of ether oxygens (including phenoxy) is 3. The number of fused-ring (bicyclic) bond motifs is 7. The summed E-state index contributed by atoms with van der Waals surface area (Å²) in [6.45, 7) is 13.0. The standard InChI is InChI=1S/C33H52O4/c1-6-7-8-9-29(34)36-24-13-15-31(4)23(18-24)10-11-25-26(31)14-16-32(5)27(25)19-28-30(32)22(3)33(37-28)17-12-21(2)20-35-33/h10,21-22,24-28,30H,6-9,11-20H2,1-5H3/t21-,22-,24+,25+,26+,27+,28+,30-,31+,32+,33-/m1/s1. The van der Waals surface area contributed by atoms with E-state index in [9.17, 15) is 4.79 Å². The molecule has 0 N–H and O–H groups in total. The molecule has 5 fully saturated rings.